The molecule has 1 aromatic heterocycles. The zero-order valence-corrected chi connectivity index (χ0v) is 15.7. The quantitative estimate of drug-likeness (QED) is 0.415. The zero-order chi connectivity index (χ0) is 18.4. The molecule has 0 unspecified atom stereocenters. The lowest BCUT2D eigenvalue weighted by Gasteiger charge is -2.10. The number of carbonyl (C=O) groups excluding carboxylic acids is 1. The second-order valence-electron chi connectivity index (χ2n) is 5.15. The van der Waals surface area contributed by atoms with Crippen LogP contribution in [0, 0.1) is 0 Å². The number of esters is 1. The number of nitrogens with two attached hydrogens (primary N) is 1. The average molecular weight is 378 g/mol. The third kappa shape index (κ3) is 4.65. The van der Waals surface area contributed by atoms with Gasteiger partial charge in [0.1, 0.15) is 12.4 Å². The Hall–Kier alpha value is -2.24. The smallest absolute Gasteiger partial charge is 0.339 e. The Morgan fingerprint density at radius 2 is 2.20 bits per heavy atom. The van der Waals surface area contributed by atoms with Crippen molar-refractivity contribution in [1.29, 1.82) is 0 Å². The normalized spacial score (nSPS) is 11.2. The molecule has 0 fully saturated rings. The van der Waals surface area contributed by atoms with Crippen LogP contribution in [0.4, 0.5) is 5.69 Å². The molecule has 0 saturated heterocycles. The maximum absolute atomic E-state index is 12.2. The van der Waals surface area contributed by atoms with E-state index in [-0.39, 0.29) is 5.97 Å². The summed E-state index contributed by atoms with van der Waals surface area (Å²) in [5, 5.41) is 2.26. The molecule has 2 aromatic rings. The maximum Gasteiger partial charge on any atom is 0.339 e. The van der Waals surface area contributed by atoms with E-state index in [9.17, 15) is 4.79 Å². The first-order valence-corrected chi connectivity index (χ1v) is 9.01. The zero-order valence-electron chi connectivity index (χ0n) is 14.2. The van der Waals surface area contributed by atoms with Gasteiger partial charge < -0.3 is 15.2 Å². The summed E-state index contributed by atoms with van der Waals surface area (Å²) < 4.78 is 10.9. The third-order valence-electron chi connectivity index (χ3n) is 3.42. The molecule has 0 spiro atoms. The predicted molar refractivity (Wildman–Crippen MR) is 105 cm³/mol. The van der Waals surface area contributed by atoms with E-state index >= 15 is 0 Å². The van der Waals surface area contributed by atoms with E-state index in [2.05, 4.69) is 6.58 Å². The van der Waals surface area contributed by atoms with Gasteiger partial charge in [-0.1, -0.05) is 30.3 Å². The van der Waals surface area contributed by atoms with Crippen molar-refractivity contribution in [3.8, 4) is 5.75 Å². The number of ether oxygens (including phenoxy) is 2. The van der Waals surface area contributed by atoms with Crippen LogP contribution in [0.1, 0.15) is 29.9 Å². The van der Waals surface area contributed by atoms with Crippen LogP contribution in [-0.2, 0) is 16.1 Å². The lowest BCUT2D eigenvalue weighted by Crippen LogP contribution is -2.07. The molecule has 0 aliphatic heterocycles. The molecule has 0 aliphatic carbocycles. The number of allylic oxidation sites excluding steroid dienone is 1. The topological polar surface area (TPSA) is 61.5 Å². The molecule has 25 heavy (non-hydrogen) atoms. The number of rotatable bonds is 7. The van der Waals surface area contributed by atoms with E-state index < -0.39 is 0 Å². The third-order valence-corrected chi connectivity index (χ3v) is 4.67. The summed E-state index contributed by atoms with van der Waals surface area (Å²) in [5.74, 6) is 0.282. The number of hydrogen-bond acceptors (Lipinski definition) is 5. The minimum atomic E-state index is -0.380. The van der Waals surface area contributed by atoms with Crippen molar-refractivity contribution in [1.82, 2.24) is 0 Å². The standard InChI is InChI=1S/C19H20ClNO3S/c1-4-16(19(22)23-5-2)18-17(12(3)20)13(11-25-18)10-24-15-8-6-7-14(21)9-15/h4,6-9,11H,3,5,10,21H2,1-2H3/b16-4+. The molecule has 2 N–H and O–H groups in total. The Balaban J connectivity index is 2.30. The van der Waals surface area contributed by atoms with Crippen LogP contribution < -0.4 is 10.5 Å². The monoisotopic (exact) mass is 377 g/mol. The van der Waals surface area contributed by atoms with Crippen molar-refractivity contribution in [2.75, 3.05) is 12.3 Å². The molecule has 0 saturated carbocycles. The Labute approximate surface area is 156 Å². The lowest BCUT2D eigenvalue weighted by atomic mass is 10.1. The fraction of sp³-hybridized carbons (Fsp3) is 0.211. The van der Waals surface area contributed by atoms with E-state index in [1.807, 2.05) is 17.5 Å². The van der Waals surface area contributed by atoms with Crippen LogP contribution in [-0.4, -0.2) is 12.6 Å². The van der Waals surface area contributed by atoms with Crippen molar-refractivity contribution >= 4 is 45.2 Å². The van der Waals surface area contributed by atoms with E-state index in [1.54, 1.807) is 32.1 Å². The number of anilines is 1. The average Bonchev–Trinajstić information content (AvgIpc) is 2.98. The summed E-state index contributed by atoms with van der Waals surface area (Å²) in [6.45, 7) is 7.99. The molecular weight excluding hydrogens is 358 g/mol. The summed E-state index contributed by atoms with van der Waals surface area (Å²) >= 11 is 7.61. The minimum absolute atomic E-state index is 0.293. The van der Waals surface area contributed by atoms with Gasteiger partial charge in [-0.25, -0.2) is 4.79 Å². The largest absolute Gasteiger partial charge is 0.489 e. The van der Waals surface area contributed by atoms with Crippen LogP contribution in [0.15, 0.2) is 42.3 Å². The highest BCUT2D eigenvalue weighted by Gasteiger charge is 2.22. The molecule has 0 radical (unpaired) electrons. The van der Waals surface area contributed by atoms with E-state index in [0.29, 0.717) is 40.8 Å². The number of carbonyl (C=O) groups is 1. The highest BCUT2D eigenvalue weighted by molar-refractivity contribution is 7.12. The fourth-order valence-corrected chi connectivity index (χ4v) is 3.73. The number of benzene rings is 1. The highest BCUT2D eigenvalue weighted by atomic mass is 35.5. The number of hydrogen-bond donors (Lipinski definition) is 1. The summed E-state index contributed by atoms with van der Waals surface area (Å²) in [6, 6.07) is 7.19. The molecule has 0 amide bonds. The van der Waals surface area contributed by atoms with Crippen LogP contribution in [0.5, 0.6) is 5.75 Å². The Kier molecular flexibility index (Phi) is 6.67. The second-order valence-corrected chi connectivity index (χ2v) is 6.49. The molecule has 1 aromatic carbocycles. The first-order valence-electron chi connectivity index (χ1n) is 7.75. The van der Waals surface area contributed by atoms with Crippen LogP contribution >= 0.6 is 22.9 Å². The first-order chi connectivity index (χ1) is 12.0. The van der Waals surface area contributed by atoms with Gasteiger partial charge in [-0.3, -0.25) is 0 Å². The van der Waals surface area contributed by atoms with Gasteiger partial charge in [0, 0.05) is 27.9 Å². The molecule has 132 valence electrons. The molecule has 0 bridgehead atoms. The minimum Gasteiger partial charge on any atom is -0.489 e. The van der Waals surface area contributed by atoms with Crippen LogP contribution in [0.3, 0.4) is 0 Å². The molecule has 6 heteroatoms. The van der Waals surface area contributed by atoms with Crippen LogP contribution in [0.25, 0.3) is 10.6 Å². The van der Waals surface area contributed by atoms with Gasteiger partial charge in [0.05, 0.1) is 17.1 Å². The van der Waals surface area contributed by atoms with E-state index in [4.69, 9.17) is 26.8 Å². The van der Waals surface area contributed by atoms with Gasteiger partial charge in [-0.05, 0) is 31.4 Å². The fourth-order valence-electron chi connectivity index (χ4n) is 2.31. The van der Waals surface area contributed by atoms with Gasteiger partial charge in [0.15, 0.2) is 0 Å². The first kappa shape index (κ1) is 19.1. The summed E-state index contributed by atoms with van der Waals surface area (Å²) in [4.78, 5) is 12.9. The van der Waals surface area contributed by atoms with Gasteiger partial charge in [0.2, 0.25) is 0 Å². The summed E-state index contributed by atoms with van der Waals surface area (Å²) in [7, 11) is 0. The van der Waals surface area contributed by atoms with Gasteiger partial charge in [0.25, 0.3) is 0 Å². The SMILES string of the molecule is C=C(Cl)c1c(COc2cccc(N)c2)csc1/C(=C\C)C(=O)OCC. The predicted octanol–water partition coefficient (Wildman–Crippen LogP) is 5.09. The van der Waals surface area contributed by atoms with Crippen molar-refractivity contribution in [3.63, 3.8) is 0 Å². The number of thiophene rings is 1. The molecular formula is C19H20ClNO3S. The van der Waals surface area contributed by atoms with Crippen molar-refractivity contribution in [2.24, 2.45) is 0 Å². The Bertz CT molecular complexity index is 811. The molecule has 4 nitrogen and oxygen atoms in total. The van der Waals surface area contributed by atoms with Gasteiger partial charge in [-0.15, -0.1) is 11.3 Å². The van der Waals surface area contributed by atoms with Crippen LogP contribution in [0.2, 0.25) is 0 Å². The highest BCUT2D eigenvalue weighted by Crippen LogP contribution is 2.36. The summed E-state index contributed by atoms with van der Waals surface area (Å²) in [5.41, 5.74) is 8.42. The Morgan fingerprint density at radius 1 is 1.44 bits per heavy atom. The molecule has 2 rings (SSSR count). The van der Waals surface area contributed by atoms with E-state index in [0.717, 1.165) is 10.4 Å². The maximum atomic E-state index is 12.2. The summed E-state index contributed by atoms with van der Waals surface area (Å²) in [6.07, 6.45) is 1.72. The molecule has 0 aliphatic rings. The number of halogens is 1. The van der Waals surface area contributed by atoms with Crippen molar-refractivity contribution in [2.45, 2.75) is 20.5 Å². The Morgan fingerprint density at radius 3 is 2.80 bits per heavy atom. The molecule has 0 atom stereocenters. The molecule has 1 heterocycles. The number of nitrogen functional groups attached to an aromatic ring is 1. The van der Waals surface area contributed by atoms with Gasteiger partial charge in [-0.2, -0.15) is 0 Å². The van der Waals surface area contributed by atoms with Crippen molar-refractivity contribution in [3.05, 3.63) is 58.3 Å². The van der Waals surface area contributed by atoms with Gasteiger partial charge >= 0.3 is 5.97 Å². The second kappa shape index (κ2) is 8.74. The lowest BCUT2D eigenvalue weighted by molar-refractivity contribution is -0.136. The van der Waals surface area contributed by atoms with Crippen molar-refractivity contribution < 1.29 is 14.3 Å². The van der Waals surface area contributed by atoms with E-state index in [1.165, 1.54) is 11.3 Å².